The Hall–Kier alpha value is -0.160. The first-order valence-corrected chi connectivity index (χ1v) is 6.13. The van der Waals surface area contributed by atoms with Gasteiger partial charge in [0.2, 0.25) is 0 Å². The van der Waals surface area contributed by atoms with Crippen molar-refractivity contribution in [3.63, 3.8) is 0 Å². The lowest BCUT2D eigenvalue weighted by Crippen LogP contribution is -2.27. The molecule has 0 radical (unpaired) electrons. The van der Waals surface area contributed by atoms with Crippen LogP contribution in [0.15, 0.2) is 12.1 Å². The summed E-state index contributed by atoms with van der Waals surface area (Å²) in [7, 11) is 0. The van der Waals surface area contributed by atoms with E-state index in [1.165, 1.54) is 19.3 Å². The van der Waals surface area contributed by atoms with Crippen molar-refractivity contribution in [3.05, 3.63) is 20.7 Å². The quantitative estimate of drug-likeness (QED) is 0.646. The molecular formula is C10H12ClIN2. The van der Waals surface area contributed by atoms with Gasteiger partial charge in [0.05, 0.1) is 16.4 Å². The molecule has 1 aliphatic rings. The molecule has 0 amide bonds. The van der Waals surface area contributed by atoms with Crippen molar-refractivity contribution in [1.82, 2.24) is 0 Å². The van der Waals surface area contributed by atoms with E-state index in [0.29, 0.717) is 6.04 Å². The van der Waals surface area contributed by atoms with Gasteiger partial charge in [-0.25, -0.2) is 0 Å². The first kappa shape index (κ1) is 10.4. The maximum atomic E-state index is 6.03. The van der Waals surface area contributed by atoms with Crippen LogP contribution in [0.3, 0.4) is 0 Å². The van der Waals surface area contributed by atoms with Gasteiger partial charge in [-0.1, -0.05) is 11.6 Å². The standard InChI is InChI=1S/C10H12ClIN2/c11-7-4-10(9(13)5-8(7)12)14-6-2-1-3-6/h4-6,14H,1-3,13H2. The van der Waals surface area contributed by atoms with E-state index >= 15 is 0 Å². The summed E-state index contributed by atoms with van der Waals surface area (Å²) in [6.45, 7) is 0. The molecule has 2 nitrogen and oxygen atoms in total. The van der Waals surface area contributed by atoms with Gasteiger partial charge < -0.3 is 11.1 Å². The molecule has 0 aliphatic heterocycles. The zero-order valence-electron chi connectivity index (χ0n) is 7.69. The Morgan fingerprint density at radius 1 is 1.43 bits per heavy atom. The van der Waals surface area contributed by atoms with E-state index in [1.807, 2.05) is 12.1 Å². The highest BCUT2D eigenvalue weighted by Gasteiger charge is 2.18. The molecule has 0 heterocycles. The number of hydrogen-bond donors (Lipinski definition) is 2. The van der Waals surface area contributed by atoms with Crippen LogP contribution < -0.4 is 11.1 Å². The van der Waals surface area contributed by atoms with E-state index in [-0.39, 0.29) is 0 Å². The number of hydrogen-bond acceptors (Lipinski definition) is 2. The number of nitrogens with one attached hydrogen (secondary N) is 1. The van der Waals surface area contributed by atoms with Gasteiger partial charge in [-0.05, 0) is 54.0 Å². The third-order valence-electron chi connectivity index (χ3n) is 2.56. The SMILES string of the molecule is Nc1cc(I)c(Cl)cc1NC1CCC1. The molecule has 1 saturated carbocycles. The van der Waals surface area contributed by atoms with E-state index in [9.17, 15) is 0 Å². The third-order valence-corrected chi connectivity index (χ3v) is 4.08. The molecule has 0 spiro atoms. The second-order valence-corrected chi connectivity index (χ2v) is 5.20. The lowest BCUT2D eigenvalue weighted by molar-refractivity contribution is 0.446. The van der Waals surface area contributed by atoms with E-state index in [0.717, 1.165) is 20.0 Å². The highest BCUT2D eigenvalue weighted by atomic mass is 127. The Morgan fingerprint density at radius 2 is 2.14 bits per heavy atom. The lowest BCUT2D eigenvalue weighted by Gasteiger charge is -2.28. The van der Waals surface area contributed by atoms with Crippen molar-refractivity contribution in [1.29, 1.82) is 0 Å². The second-order valence-electron chi connectivity index (χ2n) is 3.63. The largest absolute Gasteiger partial charge is 0.397 e. The van der Waals surface area contributed by atoms with Crippen molar-refractivity contribution in [2.75, 3.05) is 11.1 Å². The van der Waals surface area contributed by atoms with Gasteiger partial charge in [-0.15, -0.1) is 0 Å². The van der Waals surface area contributed by atoms with Crippen LogP contribution in [0.4, 0.5) is 11.4 Å². The molecule has 1 aromatic carbocycles. The number of halogens is 2. The van der Waals surface area contributed by atoms with Gasteiger partial charge in [-0.2, -0.15) is 0 Å². The third kappa shape index (κ3) is 2.08. The number of anilines is 2. The van der Waals surface area contributed by atoms with E-state index in [1.54, 1.807) is 0 Å². The monoisotopic (exact) mass is 322 g/mol. The van der Waals surface area contributed by atoms with Gasteiger partial charge in [0.15, 0.2) is 0 Å². The Balaban J connectivity index is 2.19. The van der Waals surface area contributed by atoms with Crippen molar-refractivity contribution in [3.8, 4) is 0 Å². The minimum Gasteiger partial charge on any atom is -0.397 e. The first-order chi connectivity index (χ1) is 6.66. The fourth-order valence-electron chi connectivity index (χ4n) is 1.46. The summed E-state index contributed by atoms with van der Waals surface area (Å²) in [5.74, 6) is 0. The van der Waals surface area contributed by atoms with Crippen LogP contribution in [-0.4, -0.2) is 6.04 Å². The van der Waals surface area contributed by atoms with Gasteiger partial charge in [0, 0.05) is 9.61 Å². The zero-order valence-corrected chi connectivity index (χ0v) is 10.6. The van der Waals surface area contributed by atoms with Crippen LogP contribution >= 0.6 is 34.2 Å². The minimum absolute atomic E-state index is 0.591. The number of nitrogens with two attached hydrogens (primary N) is 1. The maximum absolute atomic E-state index is 6.03. The van der Waals surface area contributed by atoms with Crippen molar-refractivity contribution in [2.24, 2.45) is 0 Å². The summed E-state index contributed by atoms with van der Waals surface area (Å²) in [5.41, 5.74) is 7.65. The maximum Gasteiger partial charge on any atom is 0.0591 e. The molecule has 0 bridgehead atoms. The molecule has 14 heavy (non-hydrogen) atoms. The Kier molecular flexibility index (Phi) is 3.07. The normalized spacial score (nSPS) is 16.4. The number of rotatable bonds is 2. The Bertz CT molecular complexity index is 350. The van der Waals surface area contributed by atoms with Gasteiger partial charge in [0.25, 0.3) is 0 Å². The topological polar surface area (TPSA) is 38.0 Å². The summed E-state index contributed by atoms with van der Waals surface area (Å²) >= 11 is 8.21. The summed E-state index contributed by atoms with van der Waals surface area (Å²) in [5, 5.41) is 4.17. The predicted octanol–water partition coefficient (Wildman–Crippen LogP) is 3.49. The molecule has 4 heteroatoms. The van der Waals surface area contributed by atoms with Crippen LogP contribution in [-0.2, 0) is 0 Å². The summed E-state index contributed by atoms with van der Waals surface area (Å²) in [6, 6.07) is 4.41. The fourth-order valence-corrected chi connectivity index (χ4v) is 2.11. The second kappa shape index (κ2) is 4.14. The van der Waals surface area contributed by atoms with Gasteiger partial charge in [-0.3, -0.25) is 0 Å². The van der Waals surface area contributed by atoms with Gasteiger partial charge >= 0.3 is 0 Å². The molecule has 3 N–H and O–H groups in total. The zero-order chi connectivity index (χ0) is 10.1. The molecule has 0 aromatic heterocycles. The smallest absolute Gasteiger partial charge is 0.0591 e. The molecular weight excluding hydrogens is 310 g/mol. The van der Waals surface area contributed by atoms with Crippen molar-refractivity contribution >= 4 is 45.6 Å². The molecule has 76 valence electrons. The minimum atomic E-state index is 0.591. The predicted molar refractivity (Wildman–Crippen MR) is 69.8 cm³/mol. The van der Waals surface area contributed by atoms with Crippen LogP contribution in [0.2, 0.25) is 5.02 Å². The molecule has 1 aromatic rings. The van der Waals surface area contributed by atoms with Crippen LogP contribution in [0.5, 0.6) is 0 Å². The highest BCUT2D eigenvalue weighted by Crippen LogP contribution is 2.31. The summed E-state index contributed by atoms with van der Waals surface area (Å²) in [4.78, 5) is 0. The van der Waals surface area contributed by atoms with E-state index in [4.69, 9.17) is 17.3 Å². The van der Waals surface area contributed by atoms with E-state index < -0.39 is 0 Å². The van der Waals surface area contributed by atoms with E-state index in [2.05, 4.69) is 27.9 Å². The highest BCUT2D eigenvalue weighted by molar-refractivity contribution is 14.1. The first-order valence-electron chi connectivity index (χ1n) is 4.68. The number of benzene rings is 1. The average molecular weight is 323 g/mol. The van der Waals surface area contributed by atoms with Crippen molar-refractivity contribution < 1.29 is 0 Å². The molecule has 0 atom stereocenters. The van der Waals surface area contributed by atoms with Crippen LogP contribution in [0.25, 0.3) is 0 Å². The average Bonchev–Trinajstić information content (AvgIpc) is 2.06. The summed E-state index contributed by atoms with van der Waals surface area (Å²) in [6.07, 6.45) is 3.79. The summed E-state index contributed by atoms with van der Waals surface area (Å²) < 4.78 is 1.00. The molecule has 2 rings (SSSR count). The molecule has 1 fully saturated rings. The Labute approximate surface area is 102 Å². The lowest BCUT2D eigenvalue weighted by atomic mass is 9.93. The number of nitrogen functional groups attached to an aromatic ring is 1. The molecule has 0 saturated heterocycles. The Morgan fingerprint density at radius 3 is 2.71 bits per heavy atom. The van der Waals surface area contributed by atoms with Crippen molar-refractivity contribution in [2.45, 2.75) is 25.3 Å². The molecule has 0 unspecified atom stereocenters. The van der Waals surface area contributed by atoms with Crippen LogP contribution in [0, 0.1) is 3.57 Å². The fraction of sp³-hybridized carbons (Fsp3) is 0.400. The van der Waals surface area contributed by atoms with Gasteiger partial charge in [0.1, 0.15) is 0 Å². The molecule has 1 aliphatic carbocycles. The van der Waals surface area contributed by atoms with Crippen LogP contribution in [0.1, 0.15) is 19.3 Å².